The Kier molecular flexibility index (Phi) is 3.63. The average Bonchev–Trinajstić information content (AvgIpc) is 2.71. The minimum absolute atomic E-state index is 0.687. The molecule has 3 N–H and O–H groups in total. The van der Waals surface area contributed by atoms with Crippen molar-refractivity contribution in [2.75, 3.05) is 24.3 Å². The highest BCUT2D eigenvalue weighted by atomic mass is 16.5. The summed E-state index contributed by atoms with van der Waals surface area (Å²) in [5, 5.41) is 3.36. The number of nitrogens with one attached hydrogen (secondary N) is 1. The van der Waals surface area contributed by atoms with E-state index in [1.807, 2.05) is 42.5 Å². The third-order valence-corrected chi connectivity index (χ3v) is 3.29. The van der Waals surface area contributed by atoms with Crippen LogP contribution in [0.2, 0.25) is 0 Å². The van der Waals surface area contributed by atoms with E-state index >= 15 is 0 Å². The molecule has 0 aliphatic carbocycles. The first kappa shape index (κ1) is 12.7. The van der Waals surface area contributed by atoms with Crippen LogP contribution in [0, 0.1) is 0 Å². The van der Waals surface area contributed by atoms with Gasteiger partial charge in [-0.2, -0.15) is 0 Å². The first-order chi connectivity index (χ1) is 9.83. The molecule has 104 valence electrons. The van der Waals surface area contributed by atoms with Crippen LogP contribution >= 0.6 is 0 Å². The van der Waals surface area contributed by atoms with Crippen LogP contribution in [0.4, 0.5) is 11.4 Å². The van der Waals surface area contributed by atoms with Crippen molar-refractivity contribution in [2.24, 2.45) is 0 Å². The molecule has 0 amide bonds. The number of fused-ring (bicyclic) bond motifs is 1. The monoisotopic (exact) mass is 270 g/mol. The van der Waals surface area contributed by atoms with Crippen LogP contribution in [0.15, 0.2) is 42.5 Å². The molecule has 0 radical (unpaired) electrons. The number of hydrogen-bond donors (Lipinski definition) is 2. The van der Waals surface area contributed by atoms with Crippen molar-refractivity contribution in [1.29, 1.82) is 0 Å². The van der Waals surface area contributed by atoms with Gasteiger partial charge in [-0.15, -0.1) is 0 Å². The summed E-state index contributed by atoms with van der Waals surface area (Å²) in [4.78, 5) is 0. The normalized spacial score (nSPS) is 13.6. The lowest BCUT2D eigenvalue weighted by atomic mass is 10.2. The second-order valence-corrected chi connectivity index (χ2v) is 4.76. The van der Waals surface area contributed by atoms with Crippen molar-refractivity contribution in [3.8, 4) is 11.5 Å². The van der Waals surface area contributed by atoms with E-state index in [0.717, 1.165) is 34.9 Å². The third kappa shape index (κ3) is 2.79. The van der Waals surface area contributed by atoms with Crippen molar-refractivity contribution < 1.29 is 9.47 Å². The van der Waals surface area contributed by atoms with Crippen molar-refractivity contribution >= 4 is 11.4 Å². The Labute approximate surface area is 118 Å². The molecule has 1 aliphatic heterocycles. The summed E-state index contributed by atoms with van der Waals surface area (Å²) in [7, 11) is 0. The highest BCUT2D eigenvalue weighted by molar-refractivity contribution is 5.56. The minimum Gasteiger partial charge on any atom is -0.490 e. The first-order valence-corrected chi connectivity index (χ1v) is 6.80. The van der Waals surface area contributed by atoms with E-state index in [1.54, 1.807) is 0 Å². The average molecular weight is 270 g/mol. The van der Waals surface area contributed by atoms with E-state index in [1.165, 1.54) is 0 Å². The van der Waals surface area contributed by atoms with Gasteiger partial charge in [0.1, 0.15) is 0 Å². The fraction of sp³-hybridized carbons (Fsp3) is 0.250. The highest BCUT2D eigenvalue weighted by Crippen LogP contribution is 2.32. The number of nitrogen functional groups attached to an aromatic ring is 1. The van der Waals surface area contributed by atoms with E-state index in [2.05, 4.69) is 5.32 Å². The Morgan fingerprint density at radius 1 is 1.00 bits per heavy atom. The number of para-hydroxylation sites is 1. The van der Waals surface area contributed by atoms with Crippen LogP contribution in [-0.4, -0.2) is 13.2 Å². The van der Waals surface area contributed by atoms with Crippen LogP contribution in [0.3, 0.4) is 0 Å². The van der Waals surface area contributed by atoms with Gasteiger partial charge in [0.05, 0.1) is 13.2 Å². The van der Waals surface area contributed by atoms with Crippen LogP contribution < -0.4 is 20.5 Å². The summed E-state index contributed by atoms with van der Waals surface area (Å²) in [5.41, 5.74) is 8.81. The van der Waals surface area contributed by atoms with E-state index in [-0.39, 0.29) is 0 Å². The molecule has 4 nitrogen and oxygen atoms in total. The molecular formula is C16H18N2O2. The molecular weight excluding hydrogens is 252 g/mol. The molecule has 2 aromatic rings. The van der Waals surface area contributed by atoms with Gasteiger partial charge in [0, 0.05) is 30.4 Å². The maximum atomic E-state index is 5.93. The molecule has 4 heteroatoms. The molecule has 0 fully saturated rings. The van der Waals surface area contributed by atoms with Gasteiger partial charge in [0.25, 0.3) is 0 Å². The molecule has 1 aliphatic rings. The van der Waals surface area contributed by atoms with Crippen molar-refractivity contribution in [3.63, 3.8) is 0 Å². The molecule has 0 saturated carbocycles. The standard InChI is InChI=1S/C16H18N2O2/c17-14-5-2-1-4-12(14)11-18-13-6-7-15-16(10-13)20-9-3-8-19-15/h1-2,4-7,10,18H,3,8-9,11,17H2. The topological polar surface area (TPSA) is 56.5 Å². The lowest BCUT2D eigenvalue weighted by molar-refractivity contribution is 0.297. The van der Waals surface area contributed by atoms with Gasteiger partial charge in [0.2, 0.25) is 0 Å². The van der Waals surface area contributed by atoms with Gasteiger partial charge in [-0.05, 0) is 23.8 Å². The van der Waals surface area contributed by atoms with Crippen LogP contribution in [-0.2, 0) is 6.54 Å². The maximum absolute atomic E-state index is 5.93. The lowest BCUT2D eigenvalue weighted by Gasteiger charge is -2.12. The third-order valence-electron chi connectivity index (χ3n) is 3.29. The van der Waals surface area contributed by atoms with E-state index < -0.39 is 0 Å². The van der Waals surface area contributed by atoms with Gasteiger partial charge < -0.3 is 20.5 Å². The van der Waals surface area contributed by atoms with Gasteiger partial charge >= 0.3 is 0 Å². The van der Waals surface area contributed by atoms with Crippen LogP contribution in [0.25, 0.3) is 0 Å². The Balaban J connectivity index is 1.72. The van der Waals surface area contributed by atoms with E-state index in [4.69, 9.17) is 15.2 Å². The second kappa shape index (κ2) is 5.74. The van der Waals surface area contributed by atoms with E-state index in [9.17, 15) is 0 Å². The van der Waals surface area contributed by atoms with Crippen LogP contribution in [0.1, 0.15) is 12.0 Å². The lowest BCUT2D eigenvalue weighted by Crippen LogP contribution is -2.03. The summed E-state index contributed by atoms with van der Waals surface area (Å²) in [6.45, 7) is 2.09. The smallest absolute Gasteiger partial charge is 0.163 e. The largest absolute Gasteiger partial charge is 0.490 e. The Hall–Kier alpha value is -2.36. The zero-order valence-electron chi connectivity index (χ0n) is 11.3. The second-order valence-electron chi connectivity index (χ2n) is 4.76. The van der Waals surface area contributed by atoms with Crippen molar-refractivity contribution in [3.05, 3.63) is 48.0 Å². The SMILES string of the molecule is Nc1ccccc1CNc1ccc2c(c1)OCCCO2. The van der Waals surface area contributed by atoms with E-state index in [0.29, 0.717) is 19.8 Å². The van der Waals surface area contributed by atoms with Crippen LogP contribution in [0.5, 0.6) is 11.5 Å². The summed E-state index contributed by atoms with van der Waals surface area (Å²) >= 11 is 0. The molecule has 0 atom stereocenters. The Morgan fingerprint density at radius 2 is 1.80 bits per heavy atom. The van der Waals surface area contributed by atoms with Gasteiger partial charge in [-0.1, -0.05) is 18.2 Å². The number of hydrogen-bond acceptors (Lipinski definition) is 4. The highest BCUT2D eigenvalue weighted by Gasteiger charge is 2.10. The van der Waals surface area contributed by atoms with Gasteiger partial charge in [0.15, 0.2) is 11.5 Å². The molecule has 2 aromatic carbocycles. The number of rotatable bonds is 3. The predicted octanol–water partition coefficient (Wildman–Crippen LogP) is 3.04. The molecule has 0 spiro atoms. The number of anilines is 2. The number of ether oxygens (including phenoxy) is 2. The minimum atomic E-state index is 0.687. The molecule has 20 heavy (non-hydrogen) atoms. The molecule has 0 unspecified atom stereocenters. The zero-order chi connectivity index (χ0) is 13.8. The summed E-state index contributed by atoms with van der Waals surface area (Å²) in [6, 6.07) is 13.8. The van der Waals surface area contributed by atoms with Gasteiger partial charge in [-0.3, -0.25) is 0 Å². The first-order valence-electron chi connectivity index (χ1n) is 6.80. The molecule has 3 rings (SSSR count). The predicted molar refractivity (Wildman–Crippen MR) is 80.2 cm³/mol. The number of benzene rings is 2. The molecule has 0 bridgehead atoms. The summed E-state index contributed by atoms with van der Waals surface area (Å²) in [5.74, 6) is 1.61. The van der Waals surface area contributed by atoms with Crippen molar-refractivity contribution in [2.45, 2.75) is 13.0 Å². The zero-order valence-corrected chi connectivity index (χ0v) is 11.3. The fourth-order valence-corrected chi connectivity index (χ4v) is 2.17. The quantitative estimate of drug-likeness (QED) is 0.842. The fourth-order valence-electron chi connectivity index (χ4n) is 2.17. The molecule has 0 saturated heterocycles. The number of nitrogens with two attached hydrogens (primary N) is 1. The Bertz CT molecular complexity index is 599. The van der Waals surface area contributed by atoms with Gasteiger partial charge in [-0.25, -0.2) is 0 Å². The molecule has 0 aromatic heterocycles. The maximum Gasteiger partial charge on any atom is 0.163 e. The summed E-state index contributed by atoms with van der Waals surface area (Å²) in [6.07, 6.45) is 0.915. The summed E-state index contributed by atoms with van der Waals surface area (Å²) < 4.78 is 11.3. The molecule has 1 heterocycles. The van der Waals surface area contributed by atoms with Crippen molar-refractivity contribution in [1.82, 2.24) is 0 Å². The Morgan fingerprint density at radius 3 is 2.65 bits per heavy atom.